The molecule has 3 heterocycles. The molecule has 6 heteroatoms. The van der Waals surface area contributed by atoms with Gasteiger partial charge in [0.1, 0.15) is 5.82 Å². The van der Waals surface area contributed by atoms with E-state index in [0.717, 1.165) is 55.7 Å². The fourth-order valence-corrected chi connectivity index (χ4v) is 7.81. The second-order valence-corrected chi connectivity index (χ2v) is 15.5. The van der Waals surface area contributed by atoms with Gasteiger partial charge in [-0.25, -0.2) is 4.98 Å². The minimum atomic E-state index is -0.430. The minimum Gasteiger partial charge on any atom is -0.509 e. The Morgan fingerprint density at radius 3 is 2.25 bits per heavy atom. The molecule has 0 spiro atoms. The summed E-state index contributed by atoms with van der Waals surface area (Å²) in [7, 11) is 0. The Bertz CT molecular complexity index is 3250. The number of anilines is 4. The average molecular weight is 950 g/mol. The van der Waals surface area contributed by atoms with E-state index in [4.69, 9.17) is 16.6 Å². The van der Waals surface area contributed by atoms with Crippen LogP contribution in [0.25, 0.3) is 49.9 Å². The van der Waals surface area contributed by atoms with E-state index in [0.29, 0.717) is 28.4 Å². The second kappa shape index (κ2) is 15.4. The van der Waals surface area contributed by atoms with Crippen molar-refractivity contribution in [2.75, 3.05) is 9.80 Å². The summed E-state index contributed by atoms with van der Waals surface area (Å²) in [5.74, 6) is 1.60. The Morgan fingerprint density at radius 2 is 1.44 bits per heavy atom. The molecule has 10 rings (SSSR count). The predicted molar refractivity (Wildman–Crippen MR) is 239 cm³/mol. The van der Waals surface area contributed by atoms with Crippen LogP contribution in [0.2, 0.25) is 0 Å². The van der Waals surface area contributed by atoms with Gasteiger partial charge in [0.15, 0.2) is 0 Å². The molecule has 7 aromatic carbocycles. The van der Waals surface area contributed by atoms with Crippen LogP contribution in [-0.4, -0.2) is 9.55 Å². The van der Waals surface area contributed by atoms with Gasteiger partial charge in [0.2, 0.25) is 0 Å². The van der Waals surface area contributed by atoms with E-state index in [9.17, 15) is 0 Å². The summed E-state index contributed by atoms with van der Waals surface area (Å²) < 4.78 is 50.2. The predicted octanol–water partition coefficient (Wildman–Crippen LogP) is 13.9. The summed E-state index contributed by atoms with van der Waals surface area (Å²) >= 11 is 0. The summed E-state index contributed by atoms with van der Waals surface area (Å²) in [5, 5.41) is 1.96. The summed E-state index contributed by atoms with van der Waals surface area (Å²) in [4.78, 5) is 9.25. The molecular formula is C53H41N4OPt-3. The van der Waals surface area contributed by atoms with Crippen molar-refractivity contribution in [3.63, 3.8) is 0 Å². The number of nitrogens with zero attached hydrogens (tertiary/aromatic N) is 4. The zero-order chi connectivity index (χ0) is 43.7. The molecule has 0 unspecified atom stereocenters. The maximum atomic E-state index is 8.57. The van der Waals surface area contributed by atoms with Crippen LogP contribution in [0.5, 0.6) is 11.5 Å². The molecule has 0 saturated carbocycles. The number of pyridine rings is 1. The van der Waals surface area contributed by atoms with Gasteiger partial charge in [0, 0.05) is 72.5 Å². The Morgan fingerprint density at radius 1 is 0.678 bits per heavy atom. The molecule has 0 saturated heterocycles. The fraction of sp³-hybridized carbons (Fsp3) is 0.0943. The van der Waals surface area contributed by atoms with E-state index in [-0.39, 0.29) is 56.2 Å². The fourth-order valence-electron chi connectivity index (χ4n) is 7.81. The Kier molecular flexibility index (Phi) is 8.49. The standard InChI is InChI=1S/C53H41N4O.Pt/c1-36-30-51(54-34-47(36)38-18-9-6-10-19-38)57-48-26-12-11-24-45(48)46-29-28-43(33-50(46)57)58-42-23-14-22-41(32-42)55-35-56(40-21-13-20-39(31-40)53(2,3)4)52-44(25-15-27-49(52)55)37-16-7-5-8-17-37;/h5-31,34-35H,1-4H3;/q-3;/i6D,9D,10D,18D,19D;. The molecule has 0 atom stereocenters. The Hall–Kier alpha value is -6.42. The molecule has 2 aromatic heterocycles. The molecule has 9 aromatic rings. The van der Waals surface area contributed by atoms with Gasteiger partial charge >= 0.3 is 0 Å². The zero-order valence-corrected chi connectivity index (χ0v) is 35.1. The zero-order valence-electron chi connectivity index (χ0n) is 37.9. The van der Waals surface area contributed by atoms with Gasteiger partial charge < -0.3 is 19.1 Å². The number of aromatic nitrogens is 2. The molecule has 0 N–H and O–H groups in total. The number of rotatable bonds is 7. The number of ether oxygens (including phenoxy) is 1. The molecule has 59 heavy (non-hydrogen) atoms. The first-order chi connectivity index (χ1) is 30.4. The molecule has 0 bridgehead atoms. The molecule has 1 aliphatic heterocycles. The second-order valence-electron chi connectivity index (χ2n) is 15.5. The Labute approximate surface area is 367 Å². The van der Waals surface area contributed by atoms with Crippen molar-refractivity contribution in [1.29, 1.82) is 0 Å². The summed E-state index contributed by atoms with van der Waals surface area (Å²) in [6, 6.07) is 50.7. The van der Waals surface area contributed by atoms with E-state index < -0.39 is 6.04 Å². The summed E-state index contributed by atoms with van der Waals surface area (Å²) in [5.41, 5.74) is 10.4. The van der Waals surface area contributed by atoms with Crippen LogP contribution in [0.4, 0.5) is 22.7 Å². The van der Waals surface area contributed by atoms with Gasteiger partial charge in [0.25, 0.3) is 0 Å². The largest absolute Gasteiger partial charge is 0.509 e. The molecule has 0 fully saturated rings. The van der Waals surface area contributed by atoms with Crippen molar-refractivity contribution in [3.05, 3.63) is 200 Å². The van der Waals surface area contributed by atoms with Crippen molar-refractivity contribution < 1.29 is 32.7 Å². The van der Waals surface area contributed by atoms with E-state index in [2.05, 4.69) is 122 Å². The van der Waals surface area contributed by atoms with Crippen LogP contribution >= 0.6 is 0 Å². The van der Waals surface area contributed by atoms with Gasteiger partial charge in [-0.3, -0.25) is 0 Å². The number of fused-ring (bicyclic) bond motifs is 4. The number of para-hydroxylation sites is 2. The van der Waals surface area contributed by atoms with Crippen molar-refractivity contribution in [2.45, 2.75) is 33.1 Å². The third-order valence-electron chi connectivity index (χ3n) is 10.7. The first kappa shape index (κ1) is 32.5. The molecule has 292 valence electrons. The topological polar surface area (TPSA) is 33.5 Å². The SMILES string of the molecule is [2H]c1c([2H])c([2H])c(-c2cnc(-n3c4[c-]c(Oc5[c-]c(N6[CH-]N(c7cccc(C(C)(C)C)c7)c7c(-c8ccccc8)cccc76)ccc5)ccc4c4ccccc43)cc2C)c([2H])c1[2H].[Pt]. The van der Waals surface area contributed by atoms with E-state index in [1.165, 1.54) is 5.56 Å². The first-order valence-electron chi connectivity index (χ1n) is 21.8. The quantitative estimate of drug-likeness (QED) is 0.149. The van der Waals surface area contributed by atoms with Crippen LogP contribution in [0, 0.1) is 25.7 Å². The molecule has 0 aliphatic carbocycles. The van der Waals surface area contributed by atoms with Gasteiger partial charge in [-0.05, 0) is 70.3 Å². The van der Waals surface area contributed by atoms with Crippen LogP contribution in [-0.2, 0) is 26.5 Å². The summed E-state index contributed by atoms with van der Waals surface area (Å²) in [6.07, 6.45) is 1.58. The smallest absolute Gasteiger partial charge is 0.135 e. The van der Waals surface area contributed by atoms with Gasteiger partial charge in [-0.15, -0.1) is 48.1 Å². The average Bonchev–Trinajstić information content (AvgIpc) is 3.85. The molecule has 0 amide bonds. The maximum Gasteiger partial charge on any atom is 0.135 e. The number of hydrogen-bond donors (Lipinski definition) is 0. The molecule has 1 aliphatic rings. The van der Waals surface area contributed by atoms with Gasteiger partial charge in [-0.1, -0.05) is 129 Å². The van der Waals surface area contributed by atoms with Gasteiger partial charge in [-0.2, -0.15) is 12.1 Å². The van der Waals surface area contributed by atoms with Crippen LogP contribution in [0.1, 0.15) is 38.8 Å². The van der Waals surface area contributed by atoms with Crippen molar-refractivity contribution in [2.24, 2.45) is 0 Å². The summed E-state index contributed by atoms with van der Waals surface area (Å²) in [6.45, 7) is 10.7. The van der Waals surface area contributed by atoms with E-state index in [1.54, 1.807) is 6.20 Å². The maximum absolute atomic E-state index is 8.57. The first-order valence-corrected chi connectivity index (χ1v) is 19.3. The number of hydrogen-bond acceptors (Lipinski definition) is 4. The minimum absolute atomic E-state index is 0. The third kappa shape index (κ3) is 7.00. The van der Waals surface area contributed by atoms with Crippen molar-refractivity contribution >= 4 is 44.6 Å². The number of aryl methyl sites for hydroxylation is 1. The third-order valence-corrected chi connectivity index (χ3v) is 10.7. The van der Waals surface area contributed by atoms with Crippen LogP contribution in [0.3, 0.4) is 0 Å². The van der Waals surface area contributed by atoms with E-state index in [1.807, 2.05) is 72.2 Å². The monoisotopic (exact) mass is 949 g/mol. The Balaban J connectivity index is 0.00000518. The normalized spacial score (nSPS) is 13.7. The van der Waals surface area contributed by atoms with Crippen molar-refractivity contribution in [1.82, 2.24) is 9.55 Å². The number of benzene rings is 7. The van der Waals surface area contributed by atoms with E-state index >= 15 is 0 Å². The molecular weight excluding hydrogens is 904 g/mol. The molecule has 0 radical (unpaired) electrons. The van der Waals surface area contributed by atoms with Crippen LogP contribution < -0.4 is 14.5 Å². The van der Waals surface area contributed by atoms with Gasteiger partial charge in [0.05, 0.1) is 6.85 Å². The van der Waals surface area contributed by atoms with Crippen LogP contribution in [0.15, 0.2) is 170 Å². The molecule has 5 nitrogen and oxygen atoms in total. The van der Waals surface area contributed by atoms with Crippen molar-refractivity contribution in [3.8, 4) is 39.6 Å².